The molecule has 0 amide bonds. The first-order valence-electron chi connectivity index (χ1n) is 3.23. The lowest BCUT2D eigenvalue weighted by molar-refractivity contribution is -0.889. The van der Waals surface area contributed by atoms with Gasteiger partial charge in [0.05, 0.1) is 19.5 Å². The molecular formula is C6H13Cl2N. The Balaban J connectivity index is 0.000000640. The Hall–Kier alpha value is 0.540. The van der Waals surface area contributed by atoms with E-state index in [1.54, 1.807) is 4.90 Å². The molecule has 0 aromatic rings. The van der Waals surface area contributed by atoms with Crippen LogP contribution < -0.4 is 17.3 Å². The lowest BCUT2D eigenvalue weighted by Crippen LogP contribution is -3.11. The van der Waals surface area contributed by atoms with Crippen molar-refractivity contribution in [1.29, 1.82) is 0 Å². The standard InChI is InChI=1S/C6H12ClN.ClH/c1-8-4-2-3-6(8)5-7;/h6H,2-5H2,1H3;1H. The minimum Gasteiger partial charge on any atom is -1.00 e. The van der Waals surface area contributed by atoms with Crippen molar-refractivity contribution in [2.75, 3.05) is 19.5 Å². The number of hydrogen-bond donors (Lipinski definition) is 1. The third-order valence-corrected chi connectivity index (χ3v) is 2.38. The summed E-state index contributed by atoms with van der Waals surface area (Å²) in [5.41, 5.74) is 0. The van der Waals surface area contributed by atoms with E-state index in [2.05, 4.69) is 7.05 Å². The van der Waals surface area contributed by atoms with Gasteiger partial charge in [0, 0.05) is 12.8 Å². The predicted molar refractivity (Wildman–Crippen MR) is 35.5 cm³/mol. The molecule has 1 heterocycles. The second-order valence-electron chi connectivity index (χ2n) is 2.59. The van der Waals surface area contributed by atoms with Gasteiger partial charge in [0.25, 0.3) is 0 Å². The van der Waals surface area contributed by atoms with Crippen molar-refractivity contribution in [3.63, 3.8) is 0 Å². The molecule has 0 aliphatic carbocycles. The smallest absolute Gasteiger partial charge is 0.101 e. The highest BCUT2D eigenvalue weighted by Crippen LogP contribution is 1.99. The highest BCUT2D eigenvalue weighted by atomic mass is 35.5. The first kappa shape index (κ1) is 9.54. The van der Waals surface area contributed by atoms with E-state index >= 15 is 0 Å². The Bertz CT molecular complexity index is 77.5. The van der Waals surface area contributed by atoms with Crippen molar-refractivity contribution >= 4 is 11.6 Å². The van der Waals surface area contributed by atoms with Crippen molar-refractivity contribution in [3.05, 3.63) is 0 Å². The van der Waals surface area contributed by atoms with E-state index in [1.807, 2.05) is 0 Å². The van der Waals surface area contributed by atoms with Crippen molar-refractivity contribution in [2.24, 2.45) is 0 Å². The third kappa shape index (κ3) is 2.32. The van der Waals surface area contributed by atoms with E-state index in [0.717, 1.165) is 11.9 Å². The van der Waals surface area contributed by atoms with Crippen LogP contribution in [0.5, 0.6) is 0 Å². The molecule has 0 bridgehead atoms. The van der Waals surface area contributed by atoms with Crippen LogP contribution in [0.3, 0.4) is 0 Å². The molecule has 0 saturated carbocycles. The predicted octanol–water partition coefficient (Wildman–Crippen LogP) is -3.09. The number of likely N-dealkylation sites (tertiary alicyclic amines) is 1. The molecule has 2 atom stereocenters. The van der Waals surface area contributed by atoms with Gasteiger partial charge in [0.15, 0.2) is 0 Å². The Morgan fingerprint density at radius 1 is 1.67 bits per heavy atom. The van der Waals surface area contributed by atoms with E-state index in [1.165, 1.54) is 19.4 Å². The molecule has 1 fully saturated rings. The zero-order valence-corrected chi connectivity index (χ0v) is 7.17. The van der Waals surface area contributed by atoms with Crippen molar-refractivity contribution < 1.29 is 17.3 Å². The average molecular weight is 170 g/mol. The third-order valence-electron chi connectivity index (χ3n) is 2.01. The van der Waals surface area contributed by atoms with E-state index in [4.69, 9.17) is 11.6 Å². The molecule has 0 radical (unpaired) electrons. The molecule has 0 aromatic heterocycles. The first-order valence-corrected chi connectivity index (χ1v) is 3.76. The summed E-state index contributed by atoms with van der Waals surface area (Å²) < 4.78 is 0. The molecule has 2 unspecified atom stereocenters. The lowest BCUT2D eigenvalue weighted by atomic mass is 10.2. The summed E-state index contributed by atoms with van der Waals surface area (Å²) in [6, 6.07) is 0.747. The van der Waals surface area contributed by atoms with E-state index in [9.17, 15) is 0 Å². The second-order valence-corrected chi connectivity index (χ2v) is 2.90. The summed E-state index contributed by atoms with van der Waals surface area (Å²) in [6.45, 7) is 1.32. The normalized spacial score (nSPS) is 34.0. The monoisotopic (exact) mass is 169 g/mol. The highest BCUT2D eigenvalue weighted by molar-refractivity contribution is 6.18. The Morgan fingerprint density at radius 3 is 2.56 bits per heavy atom. The number of nitrogens with one attached hydrogen (secondary N) is 1. The van der Waals surface area contributed by atoms with Gasteiger partial charge in [-0.25, -0.2) is 0 Å². The maximum Gasteiger partial charge on any atom is 0.101 e. The van der Waals surface area contributed by atoms with Crippen LogP contribution in [-0.2, 0) is 0 Å². The largest absolute Gasteiger partial charge is 1.00 e. The van der Waals surface area contributed by atoms with Gasteiger partial charge in [-0.3, -0.25) is 0 Å². The quantitative estimate of drug-likeness (QED) is 0.398. The van der Waals surface area contributed by atoms with Crippen LogP contribution in [0.2, 0.25) is 0 Å². The highest BCUT2D eigenvalue weighted by Gasteiger charge is 2.22. The number of hydrogen-bond acceptors (Lipinski definition) is 0. The summed E-state index contributed by atoms with van der Waals surface area (Å²) >= 11 is 5.68. The number of quaternary nitrogens is 1. The summed E-state index contributed by atoms with van der Waals surface area (Å²) in [5, 5.41) is 0. The maximum atomic E-state index is 5.68. The van der Waals surface area contributed by atoms with Gasteiger partial charge in [-0.15, -0.1) is 11.6 Å². The fraction of sp³-hybridized carbons (Fsp3) is 1.00. The molecule has 56 valence electrons. The van der Waals surface area contributed by atoms with Gasteiger partial charge in [0.1, 0.15) is 6.04 Å². The minimum absolute atomic E-state index is 0. The van der Waals surface area contributed by atoms with E-state index in [0.29, 0.717) is 0 Å². The van der Waals surface area contributed by atoms with Crippen LogP contribution in [0, 0.1) is 0 Å². The van der Waals surface area contributed by atoms with Crippen molar-refractivity contribution in [2.45, 2.75) is 18.9 Å². The van der Waals surface area contributed by atoms with Crippen LogP contribution in [0.25, 0.3) is 0 Å². The zero-order chi connectivity index (χ0) is 5.98. The summed E-state index contributed by atoms with van der Waals surface area (Å²) in [5.74, 6) is 0.839. The van der Waals surface area contributed by atoms with Crippen molar-refractivity contribution in [3.8, 4) is 0 Å². The van der Waals surface area contributed by atoms with Crippen LogP contribution in [-0.4, -0.2) is 25.5 Å². The second kappa shape index (κ2) is 4.37. The van der Waals surface area contributed by atoms with Gasteiger partial charge in [-0.2, -0.15) is 0 Å². The molecule has 9 heavy (non-hydrogen) atoms. The molecular weight excluding hydrogens is 157 g/mol. The van der Waals surface area contributed by atoms with Crippen molar-refractivity contribution in [1.82, 2.24) is 0 Å². The fourth-order valence-electron chi connectivity index (χ4n) is 1.29. The molecule has 1 N–H and O–H groups in total. The molecule has 1 aliphatic rings. The molecule has 0 spiro atoms. The van der Waals surface area contributed by atoms with Gasteiger partial charge >= 0.3 is 0 Å². The summed E-state index contributed by atoms with van der Waals surface area (Å²) in [4.78, 5) is 1.61. The Morgan fingerprint density at radius 2 is 2.33 bits per heavy atom. The van der Waals surface area contributed by atoms with E-state index < -0.39 is 0 Å². The number of alkyl halides is 1. The molecule has 3 heteroatoms. The van der Waals surface area contributed by atoms with Gasteiger partial charge < -0.3 is 17.3 Å². The van der Waals surface area contributed by atoms with Gasteiger partial charge in [-0.1, -0.05) is 0 Å². The Kier molecular flexibility index (Phi) is 4.63. The molecule has 1 rings (SSSR count). The Labute approximate surface area is 67.8 Å². The summed E-state index contributed by atoms with van der Waals surface area (Å²) in [7, 11) is 2.22. The SMILES string of the molecule is C[NH+]1CCCC1CCl.[Cl-]. The van der Waals surface area contributed by atoms with Gasteiger partial charge in [0.2, 0.25) is 0 Å². The molecule has 1 aliphatic heterocycles. The van der Waals surface area contributed by atoms with Crippen LogP contribution >= 0.6 is 11.6 Å². The number of halogens is 2. The van der Waals surface area contributed by atoms with Gasteiger partial charge in [-0.05, 0) is 0 Å². The minimum atomic E-state index is 0. The average Bonchev–Trinajstić information content (AvgIpc) is 2.14. The maximum absolute atomic E-state index is 5.68. The lowest BCUT2D eigenvalue weighted by Gasteiger charge is -2.12. The van der Waals surface area contributed by atoms with Crippen LogP contribution in [0.1, 0.15) is 12.8 Å². The first-order chi connectivity index (χ1) is 3.84. The molecule has 1 saturated heterocycles. The molecule has 1 nitrogen and oxygen atoms in total. The summed E-state index contributed by atoms with van der Waals surface area (Å²) in [6.07, 6.45) is 2.69. The van der Waals surface area contributed by atoms with Crippen LogP contribution in [0.15, 0.2) is 0 Å². The fourth-order valence-corrected chi connectivity index (χ4v) is 1.70. The van der Waals surface area contributed by atoms with Crippen LogP contribution in [0.4, 0.5) is 0 Å². The number of rotatable bonds is 1. The molecule has 0 aromatic carbocycles. The zero-order valence-electron chi connectivity index (χ0n) is 5.66. The topological polar surface area (TPSA) is 4.44 Å². The van der Waals surface area contributed by atoms with E-state index in [-0.39, 0.29) is 12.4 Å².